The van der Waals surface area contributed by atoms with Crippen molar-refractivity contribution in [3.8, 4) is 6.07 Å². The average Bonchev–Trinajstić information content (AvgIpc) is 2.44. The SMILES string of the molecule is CCNC(=NCc1ccc(C#N)cc1F)NCCC(F)(F)F. The molecule has 0 saturated carbocycles. The van der Waals surface area contributed by atoms with Crippen LogP contribution in [0.5, 0.6) is 0 Å². The molecule has 8 heteroatoms. The fourth-order valence-electron chi connectivity index (χ4n) is 1.57. The lowest BCUT2D eigenvalue weighted by Crippen LogP contribution is -2.38. The molecule has 0 fully saturated rings. The van der Waals surface area contributed by atoms with E-state index in [1.165, 1.54) is 12.1 Å². The van der Waals surface area contributed by atoms with Crippen LogP contribution in [0, 0.1) is 17.1 Å². The fourth-order valence-corrected chi connectivity index (χ4v) is 1.57. The molecule has 1 aromatic rings. The van der Waals surface area contributed by atoms with E-state index in [0.717, 1.165) is 6.07 Å². The molecule has 0 saturated heterocycles. The van der Waals surface area contributed by atoms with E-state index in [0.29, 0.717) is 6.54 Å². The molecule has 1 aromatic carbocycles. The van der Waals surface area contributed by atoms with Crippen LogP contribution in [0.25, 0.3) is 0 Å². The van der Waals surface area contributed by atoms with E-state index in [1.54, 1.807) is 6.92 Å². The van der Waals surface area contributed by atoms with Gasteiger partial charge in [0.15, 0.2) is 5.96 Å². The van der Waals surface area contributed by atoms with Crippen LogP contribution in [-0.4, -0.2) is 25.2 Å². The number of alkyl halides is 3. The summed E-state index contributed by atoms with van der Waals surface area (Å²) in [4.78, 5) is 4.02. The van der Waals surface area contributed by atoms with Gasteiger partial charge in [-0.1, -0.05) is 6.07 Å². The van der Waals surface area contributed by atoms with E-state index >= 15 is 0 Å². The first-order valence-electron chi connectivity index (χ1n) is 6.63. The number of benzene rings is 1. The first-order chi connectivity index (χ1) is 10.4. The van der Waals surface area contributed by atoms with Gasteiger partial charge < -0.3 is 10.6 Å². The number of nitriles is 1. The van der Waals surface area contributed by atoms with E-state index in [4.69, 9.17) is 5.26 Å². The van der Waals surface area contributed by atoms with Crippen LogP contribution in [0.4, 0.5) is 17.6 Å². The minimum Gasteiger partial charge on any atom is -0.357 e. The summed E-state index contributed by atoms with van der Waals surface area (Å²) >= 11 is 0. The average molecular weight is 316 g/mol. The fraction of sp³-hybridized carbons (Fsp3) is 0.429. The van der Waals surface area contributed by atoms with Crippen molar-refractivity contribution in [2.75, 3.05) is 13.1 Å². The largest absolute Gasteiger partial charge is 0.390 e. The molecule has 0 aliphatic carbocycles. The second-order valence-electron chi connectivity index (χ2n) is 4.41. The quantitative estimate of drug-likeness (QED) is 0.499. The van der Waals surface area contributed by atoms with Crippen molar-refractivity contribution < 1.29 is 17.6 Å². The summed E-state index contributed by atoms with van der Waals surface area (Å²) in [6, 6.07) is 5.79. The Morgan fingerprint density at radius 2 is 2.05 bits per heavy atom. The van der Waals surface area contributed by atoms with Crippen molar-refractivity contribution in [2.24, 2.45) is 4.99 Å². The van der Waals surface area contributed by atoms with Crippen LogP contribution < -0.4 is 10.6 Å². The highest BCUT2D eigenvalue weighted by molar-refractivity contribution is 5.79. The Hall–Kier alpha value is -2.30. The van der Waals surface area contributed by atoms with Crippen molar-refractivity contribution in [1.82, 2.24) is 10.6 Å². The van der Waals surface area contributed by atoms with Gasteiger partial charge in [-0.25, -0.2) is 9.38 Å². The Morgan fingerprint density at radius 3 is 2.59 bits per heavy atom. The van der Waals surface area contributed by atoms with Gasteiger partial charge in [-0.05, 0) is 19.1 Å². The minimum absolute atomic E-state index is 0.0428. The van der Waals surface area contributed by atoms with Gasteiger partial charge in [0.05, 0.1) is 24.6 Å². The van der Waals surface area contributed by atoms with E-state index < -0.39 is 18.4 Å². The summed E-state index contributed by atoms with van der Waals surface area (Å²) in [6.07, 6.45) is -5.23. The predicted octanol–water partition coefficient (Wildman–Crippen LogP) is 2.70. The summed E-state index contributed by atoms with van der Waals surface area (Å²) in [5, 5.41) is 14.0. The van der Waals surface area contributed by atoms with Crippen molar-refractivity contribution in [3.63, 3.8) is 0 Å². The first kappa shape index (κ1) is 17.8. The van der Waals surface area contributed by atoms with Gasteiger partial charge >= 0.3 is 6.18 Å². The van der Waals surface area contributed by atoms with Gasteiger partial charge in [-0.15, -0.1) is 0 Å². The summed E-state index contributed by atoms with van der Waals surface area (Å²) in [7, 11) is 0. The number of guanidine groups is 1. The number of rotatable bonds is 5. The normalized spacial score (nSPS) is 11.9. The van der Waals surface area contributed by atoms with E-state index in [-0.39, 0.29) is 30.2 Å². The van der Waals surface area contributed by atoms with Gasteiger partial charge in [0, 0.05) is 18.7 Å². The van der Waals surface area contributed by atoms with Gasteiger partial charge in [-0.3, -0.25) is 0 Å². The third-order valence-corrected chi connectivity index (χ3v) is 2.63. The van der Waals surface area contributed by atoms with Crippen LogP contribution in [0.3, 0.4) is 0 Å². The molecular weight excluding hydrogens is 300 g/mol. The van der Waals surface area contributed by atoms with Gasteiger partial charge in [-0.2, -0.15) is 18.4 Å². The zero-order valence-corrected chi connectivity index (χ0v) is 12.0. The Bertz CT molecular complexity index is 561. The Labute approximate surface area is 125 Å². The number of halogens is 4. The lowest BCUT2D eigenvalue weighted by molar-refractivity contribution is -0.132. The Balaban J connectivity index is 2.67. The molecule has 2 N–H and O–H groups in total. The van der Waals surface area contributed by atoms with Crippen LogP contribution in [-0.2, 0) is 6.54 Å². The molecule has 0 spiro atoms. The van der Waals surface area contributed by atoms with Crippen molar-refractivity contribution in [2.45, 2.75) is 26.1 Å². The van der Waals surface area contributed by atoms with E-state index in [2.05, 4.69) is 15.6 Å². The van der Waals surface area contributed by atoms with Gasteiger partial charge in [0.1, 0.15) is 5.82 Å². The second kappa shape index (κ2) is 8.22. The second-order valence-corrected chi connectivity index (χ2v) is 4.41. The van der Waals surface area contributed by atoms with Crippen LogP contribution in [0.15, 0.2) is 23.2 Å². The summed E-state index contributed by atoms with van der Waals surface area (Å²) in [5.74, 6) is -0.399. The summed E-state index contributed by atoms with van der Waals surface area (Å²) in [5.41, 5.74) is 0.451. The Morgan fingerprint density at radius 1 is 1.32 bits per heavy atom. The summed E-state index contributed by atoms with van der Waals surface area (Å²) in [6.45, 7) is 1.88. The number of nitrogens with one attached hydrogen (secondary N) is 2. The number of hydrogen-bond donors (Lipinski definition) is 2. The zero-order chi connectivity index (χ0) is 16.6. The third kappa shape index (κ3) is 6.43. The highest BCUT2D eigenvalue weighted by atomic mass is 19.4. The van der Waals surface area contributed by atoms with Crippen molar-refractivity contribution in [3.05, 3.63) is 35.1 Å². The standard InChI is InChI=1S/C14H16F4N4/c1-2-20-13(21-6-5-14(16,17)18)22-9-11-4-3-10(8-19)7-12(11)15/h3-4,7H,2,5-6,9H2,1H3,(H2,20,21,22). The van der Waals surface area contributed by atoms with Crippen LogP contribution >= 0.6 is 0 Å². The first-order valence-corrected chi connectivity index (χ1v) is 6.63. The molecular formula is C14H16F4N4. The molecule has 0 unspecified atom stereocenters. The molecule has 0 heterocycles. The van der Waals surface area contributed by atoms with Gasteiger partial charge in [0.25, 0.3) is 0 Å². The summed E-state index contributed by atoms with van der Waals surface area (Å²) < 4.78 is 49.9. The molecule has 0 aliphatic heterocycles. The van der Waals surface area contributed by atoms with Crippen LogP contribution in [0.1, 0.15) is 24.5 Å². The zero-order valence-electron chi connectivity index (χ0n) is 12.0. The minimum atomic E-state index is -4.25. The monoisotopic (exact) mass is 316 g/mol. The molecule has 0 atom stereocenters. The van der Waals surface area contributed by atoms with Crippen molar-refractivity contribution in [1.29, 1.82) is 5.26 Å². The molecule has 0 aromatic heterocycles. The lowest BCUT2D eigenvalue weighted by Gasteiger charge is -2.12. The highest BCUT2D eigenvalue weighted by Crippen LogP contribution is 2.18. The topological polar surface area (TPSA) is 60.2 Å². The van der Waals surface area contributed by atoms with E-state index in [9.17, 15) is 17.6 Å². The van der Waals surface area contributed by atoms with Gasteiger partial charge in [0.2, 0.25) is 0 Å². The smallest absolute Gasteiger partial charge is 0.357 e. The Kier molecular flexibility index (Phi) is 6.63. The number of nitrogens with zero attached hydrogens (tertiary/aromatic N) is 2. The molecule has 0 bridgehead atoms. The predicted molar refractivity (Wildman–Crippen MR) is 74.6 cm³/mol. The molecule has 22 heavy (non-hydrogen) atoms. The third-order valence-electron chi connectivity index (χ3n) is 2.63. The molecule has 0 aliphatic rings. The lowest BCUT2D eigenvalue weighted by atomic mass is 10.1. The number of hydrogen-bond acceptors (Lipinski definition) is 2. The molecule has 4 nitrogen and oxygen atoms in total. The maximum atomic E-state index is 13.7. The highest BCUT2D eigenvalue weighted by Gasteiger charge is 2.26. The van der Waals surface area contributed by atoms with Crippen molar-refractivity contribution >= 4 is 5.96 Å². The maximum absolute atomic E-state index is 13.7. The molecule has 120 valence electrons. The van der Waals surface area contributed by atoms with Crippen LogP contribution in [0.2, 0.25) is 0 Å². The molecule has 1 rings (SSSR count). The van der Waals surface area contributed by atoms with E-state index in [1.807, 2.05) is 6.07 Å². The molecule has 0 amide bonds. The number of aliphatic imine (C=N–C) groups is 1. The molecule has 0 radical (unpaired) electrons. The maximum Gasteiger partial charge on any atom is 0.390 e.